The van der Waals surface area contributed by atoms with Crippen molar-refractivity contribution in [2.75, 3.05) is 20.8 Å². The zero-order valence-electron chi connectivity index (χ0n) is 7.84. The molecule has 0 aliphatic carbocycles. The second-order valence-electron chi connectivity index (χ2n) is 3.02. The van der Waals surface area contributed by atoms with Gasteiger partial charge in [0.25, 0.3) is 0 Å². The second-order valence-corrected chi connectivity index (χ2v) is 3.02. The van der Waals surface area contributed by atoms with Gasteiger partial charge in [0, 0.05) is 20.6 Å². The van der Waals surface area contributed by atoms with E-state index in [1.807, 2.05) is 0 Å². The van der Waals surface area contributed by atoms with E-state index in [0.717, 1.165) is 0 Å². The molecule has 1 saturated heterocycles. The van der Waals surface area contributed by atoms with E-state index < -0.39 is 18.5 Å². The van der Waals surface area contributed by atoms with Crippen molar-refractivity contribution < 1.29 is 24.4 Å². The number of hydrogen-bond donors (Lipinski definition) is 2. The number of methoxy groups -OCH3 is 2. The minimum Gasteiger partial charge on any atom is -0.394 e. The van der Waals surface area contributed by atoms with Gasteiger partial charge in [-0.05, 0) is 0 Å². The van der Waals surface area contributed by atoms with Crippen LogP contribution in [0, 0.1) is 0 Å². The predicted molar refractivity (Wildman–Crippen MR) is 44.2 cm³/mol. The Kier molecular flexibility index (Phi) is 4.08. The molecule has 0 aromatic carbocycles. The van der Waals surface area contributed by atoms with Gasteiger partial charge in [0.15, 0.2) is 6.29 Å². The van der Waals surface area contributed by atoms with Crippen molar-refractivity contribution in [1.29, 1.82) is 0 Å². The topological polar surface area (TPSA) is 68.2 Å². The molecule has 0 saturated carbocycles. The van der Waals surface area contributed by atoms with Crippen LogP contribution in [0.1, 0.15) is 6.42 Å². The minimum absolute atomic E-state index is 0.235. The Hall–Kier alpha value is -0.200. The molecule has 5 heteroatoms. The highest BCUT2D eigenvalue weighted by atomic mass is 16.7. The minimum atomic E-state index is -0.790. The van der Waals surface area contributed by atoms with Crippen molar-refractivity contribution in [3.8, 4) is 0 Å². The van der Waals surface area contributed by atoms with E-state index in [1.54, 1.807) is 0 Å². The van der Waals surface area contributed by atoms with Crippen LogP contribution in [-0.2, 0) is 14.2 Å². The SMILES string of the molecule is COC1CC(OC)C(O)C(CO)O1. The van der Waals surface area contributed by atoms with E-state index in [0.29, 0.717) is 6.42 Å². The van der Waals surface area contributed by atoms with E-state index in [-0.39, 0.29) is 12.7 Å². The van der Waals surface area contributed by atoms with Crippen LogP contribution in [-0.4, -0.2) is 55.6 Å². The van der Waals surface area contributed by atoms with E-state index in [2.05, 4.69) is 0 Å². The van der Waals surface area contributed by atoms with Gasteiger partial charge in [-0.3, -0.25) is 0 Å². The molecule has 0 bridgehead atoms. The lowest BCUT2D eigenvalue weighted by atomic mass is 10.0. The molecule has 5 nitrogen and oxygen atoms in total. The molecular formula is C8H16O5. The van der Waals surface area contributed by atoms with Gasteiger partial charge >= 0.3 is 0 Å². The molecule has 0 radical (unpaired) electrons. The Morgan fingerprint density at radius 3 is 2.54 bits per heavy atom. The van der Waals surface area contributed by atoms with Gasteiger partial charge in [-0.25, -0.2) is 0 Å². The van der Waals surface area contributed by atoms with Crippen LogP contribution in [0.3, 0.4) is 0 Å². The lowest BCUT2D eigenvalue weighted by molar-refractivity contribution is -0.252. The zero-order chi connectivity index (χ0) is 9.84. The molecule has 0 spiro atoms. The molecule has 13 heavy (non-hydrogen) atoms. The summed E-state index contributed by atoms with van der Waals surface area (Å²) in [5, 5.41) is 18.5. The van der Waals surface area contributed by atoms with Crippen molar-refractivity contribution in [3.05, 3.63) is 0 Å². The Morgan fingerprint density at radius 2 is 2.08 bits per heavy atom. The van der Waals surface area contributed by atoms with Crippen LogP contribution in [0.15, 0.2) is 0 Å². The molecule has 4 atom stereocenters. The average Bonchev–Trinajstić information content (AvgIpc) is 2.18. The summed E-state index contributed by atoms with van der Waals surface area (Å²) in [6.07, 6.45) is -1.68. The molecule has 1 fully saturated rings. The van der Waals surface area contributed by atoms with Crippen LogP contribution in [0.2, 0.25) is 0 Å². The second kappa shape index (κ2) is 4.88. The van der Waals surface area contributed by atoms with E-state index in [4.69, 9.17) is 19.3 Å². The summed E-state index contributed by atoms with van der Waals surface area (Å²) in [6, 6.07) is 0. The van der Waals surface area contributed by atoms with Crippen molar-refractivity contribution >= 4 is 0 Å². The third-order valence-electron chi connectivity index (χ3n) is 2.26. The summed E-state index contributed by atoms with van der Waals surface area (Å²) >= 11 is 0. The van der Waals surface area contributed by atoms with Gasteiger partial charge in [0.1, 0.15) is 12.2 Å². The first-order valence-corrected chi connectivity index (χ1v) is 4.23. The maximum Gasteiger partial charge on any atom is 0.160 e. The summed E-state index contributed by atoms with van der Waals surface area (Å²) < 4.78 is 15.3. The summed E-state index contributed by atoms with van der Waals surface area (Å²) in [4.78, 5) is 0. The van der Waals surface area contributed by atoms with Crippen LogP contribution >= 0.6 is 0 Å². The Morgan fingerprint density at radius 1 is 1.38 bits per heavy atom. The molecule has 1 aliphatic heterocycles. The summed E-state index contributed by atoms with van der Waals surface area (Å²) in [7, 11) is 3.03. The highest BCUT2D eigenvalue weighted by Gasteiger charge is 2.37. The highest BCUT2D eigenvalue weighted by molar-refractivity contribution is 4.83. The maximum absolute atomic E-state index is 9.58. The lowest BCUT2D eigenvalue weighted by Crippen LogP contribution is -2.51. The number of ether oxygens (including phenoxy) is 3. The third kappa shape index (κ3) is 2.38. The fourth-order valence-electron chi connectivity index (χ4n) is 1.44. The summed E-state index contributed by atoms with van der Waals surface area (Å²) in [5.74, 6) is 0. The van der Waals surface area contributed by atoms with Crippen molar-refractivity contribution in [2.45, 2.75) is 31.0 Å². The maximum atomic E-state index is 9.58. The van der Waals surface area contributed by atoms with E-state index >= 15 is 0 Å². The largest absolute Gasteiger partial charge is 0.394 e. The fourth-order valence-corrected chi connectivity index (χ4v) is 1.44. The molecular weight excluding hydrogens is 176 g/mol. The Labute approximate surface area is 77.2 Å². The van der Waals surface area contributed by atoms with Crippen LogP contribution in [0.5, 0.6) is 0 Å². The van der Waals surface area contributed by atoms with Crippen molar-refractivity contribution in [3.63, 3.8) is 0 Å². The van der Waals surface area contributed by atoms with Crippen LogP contribution < -0.4 is 0 Å². The monoisotopic (exact) mass is 192 g/mol. The predicted octanol–water partition coefficient (Wildman–Crippen LogP) is -0.884. The number of hydrogen-bond acceptors (Lipinski definition) is 5. The molecule has 1 rings (SSSR count). The van der Waals surface area contributed by atoms with Gasteiger partial charge in [0.2, 0.25) is 0 Å². The molecule has 1 aliphatic rings. The average molecular weight is 192 g/mol. The molecule has 0 aromatic rings. The summed E-state index contributed by atoms with van der Waals surface area (Å²) in [5.41, 5.74) is 0. The molecule has 2 N–H and O–H groups in total. The Bertz CT molecular complexity index is 137. The molecule has 0 amide bonds. The van der Waals surface area contributed by atoms with Crippen molar-refractivity contribution in [1.82, 2.24) is 0 Å². The number of aliphatic hydroxyl groups excluding tert-OH is 2. The molecule has 0 aromatic heterocycles. The molecule has 4 unspecified atom stereocenters. The lowest BCUT2D eigenvalue weighted by Gasteiger charge is -2.37. The standard InChI is InChI=1S/C8H16O5/c1-11-5-3-7(12-2)13-6(4-9)8(5)10/h5-10H,3-4H2,1-2H3. The number of aliphatic hydroxyl groups is 2. The fraction of sp³-hybridized carbons (Fsp3) is 1.00. The Balaban J connectivity index is 2.56. The van der Waals surface area contributed by atoms with Gasteiger partial charge in [-0.2, -0.15) is 0 Å². The van der Waals surface area contributed by atoms with Crippen molar-refractivity contribution in [2.24, 2.45) is 0 Å². The summed E-state index contributed by atoms with van der Waals surface area (Å²) in [6.45, 7) is -0.235. The van der Waals surface area contributed by atoms with E-state index in [9.17, 15) is 5.11 Å². The zero-order valence-corrected chi connectivity index (χ0v) is 7.84. The third-order valence-corrected chi connectivity index (χ3v) is 2.26. The normalized spacial score (nSPS) is 40.6. The van der Waals surface area contributed by atoms with Gasteiger partial charge in [0.05, 0.1) is 12.7 Å². The highest BCUT2D eigenvalue weighted by Crippen LogP contribution is 2.22. The van der Waals surface area contributed by atoms with Gasteiger partial charge in [-0.15, -0.1) is 0 Å². The first-order chi connectivity index (χ1) is 6.22. The van der Waals surface area contributed by atoms with Gasteiger partial charge in [-0.1, -0.05) is 0 Å². The smallest absolute Gasteiger partial charge is 0.160 e. The molecule has 78 valence electrons. The first kappa shape index (κ1) is 10.9. The first-order valence-electron chi connectivity index (χ1n) is 4.23. The van der Waals surface area contributed by atoms with Crippen LogP contribution in [0.4, 0.5) is 0 Å². The molecule has 1 heterocycles. The van der Waals surface area contributed by atoms with E-state index in [1.165, 1.54) is 14.2 Å². The van der Waals surface area contributed by atoms with Crippen LogP contribution in [0.25, 0.3) is 0 Å². The number of rotatable bonds is 3. The quantitative estimate of drug-likeness (QED) is 0.607. The van der Waals surface area contributed by atoms with Gasteiger partial charge < -0.3 is 24.4 Å².